The molecule has 0 aliphatic heterocycles. The Hall–Kier alpha value is -1.45. The van der Waals surface area contributed by atoms with Crippen LogP contribution in [0.25, 0.3) is 11.1 Å². The van der Waals surface area contributed by atoms with E-state index in [0.717, 1.165) is 0 Å². The van der Waals surface area contributed by atoms with Crippen molar-refractivity contribution in [2.45, 2.75) is 6.61 Å². The fraction of sp³-hybridized carbons (Fsp3) is 0.0769. The third kappa shape index (κ3) is 2.62. The number of halogens is 3. The second kappa shape index (κ2) is 4.82. The summed E-state index contributed by atoms with van der Waals surface area (Å²) < 4.78 is 26.4. The van der Waals surface area contributed by atoms with Gasteiger partial charge in [0, 0.05) is 10.6 Å². The highest BCUT2D eigenvalue weighted by atomic mass is 35.5. The Balaban J connectivity index is 2.59. The van der Waals surface area contributed by atoms with Crippen molar-refractivity contribution >= 4 is 11.6 Å². The Morgan fingerprint density at radius 1 is 1.00 bits per heavy atom. The SMILES string of the molecule is OCc1cc(F)cc(-c2cc(F)ccc2Cl)c1. The van der Waals surface area contributed by atoms with Gasteiger partial charge < -0.3 is 5.11 Å². The minimum atomic E-state index is -0.494. The molecule has 1 nitrogen and oxygen atoms in total. The van der Waals surface area contributed by atoms with Gasteiger partial charge in [0.25, 0.3) is 0 Å². The van der Waals surface area contributed by atoms with E-state index >= 15 is 0 Å². The first kappa shape index (κ1) is 12.0. The molecular weight excluding hydrogens is 246 g/mol. The van der Waals surface area contributed by atoms with Gasteiger partial charge in [0.1, 0.15) is 11.6 Å². The minimum Gasteiger partial charge on any atom is -0.392 e. The molecule has 0 amide bonds. The van der Waals surface area contributed by atoms with Gasteiger partial charge >= 0.3 is 0 Å². The zero-order valence-corrected chi connectivity index (χ0v) is 9.51. The highest BCUT2D eigenvalue weighted by Crippen LogP contribution is 2.29. The van der Waals surface area contributed by atoms with E-state index in [2.05, 4.69) is 0 Å². The summed E-state index contributed by atoms with van der Waals surface area (Å²) in [5.74, 6) is -0.939. The standard InChI is InChI=1S/C13H9ClF2O/c14-13-2-1-10(15)6-12(13)9-3-8(7-17)4-11(16)5-9/h1-6,17H,7H2. The van der Waals surface area contributed by atoms with E-state index in [-0.39, 0.29) is 6.61 Å². The molecule has 17 heavy (non-hydrogen) atoms. The van der Waals surface area contributed by atoms with Gasteiger partial charge in [0.2, 0.25) is 0 Å². The van der Waals surface area contributed by atoms with Crippen LogP contribution in [-0.4, -0.2) is 5.11 Å². The lowest BCUT2D eigenvalue weighted by molar-refractivity contribution is 0.281. The lowest BCUT2D eigenvalue weighted by Crippen LogP contribution is -1.89. The van der Waals surface area contributed by atoms with Crippen molar-refractivity contribution in [3.05, 3.63) is 58.6 Å². The van der Waals surface area contributed by atoms with Crippen LogP contribution >= 0.6 is 11.6 Å². The molecule has 0 aromatic heterocycles. The normalized spacial score (nSPS) is 10.6. The van der Waals surface area contributed by atoms with Crippen LogP contribution in [0.2, 0.25) is 5.02 Å². The van der Waals surface area contributed by atoms with Crippen molar-refractivity contribution in [3.8, 4) is 11.1 Å². The molecule has 0 saturated heterocycles. The number of aliphatic hydroxyl groups excluding tert-OH is 1. The van der Waals surface area contributed by atoms with Crippen molar-refractivity contribution in [2.75, 3.05) is 0 Å². The highest BCUT2D eigenvalue weighted by Gasteiger charge is 2.08. The minimum absolute atomic E-state index is 0.280. The summed E-state index contributed by atoms with van der Waals surface area (Å²) in [5.41, 5.74) is 1.26. The van der Waals surface area contributed by atoms with Crippen molar-refractivity contribution in [3.63, 3.8) is 0 Å². The third-order valence-electron chi connectivity index (χ3n) is 2.38. The second-order valence-corrected chi connectivity index (χ2v) is 4.04. The van der Waals surface area contributed by atoms with E-state index in [1.807, 2.05) is 0 Å². The average Bonchev–Trinajstić information content (AvgIpc) is 2.31. The van der Waals surface area contributed by atoms with Gasteiger partial charge in [0.05, 0.1) is 6.61 Å². The second-order valence-electron chi connectivity index (χ2n) is 3.63. The van der Waals surface area contributed by atoms with E-state index in [1.54, 1.807) is 6.07 Å². The lowest BCUT2D eigenvalue weighted by atomic mass is 10.0. The first-order chi connectivity index (χ1) is 8.10. The number of aliphatic hydroxyl groups is 1. The summed E-state index contributed by atoms with van der Waals surface area (Å²) in [5, 5.41) is 9.32. The van der Waals surface area contributed by atoms with Crippen LogP contribution in [-0.2, 0) is 6.61 Å². The molecular formula is C13H9ClF2O. The summed E-state index contributed by atoms with van der Waals surface area (Å²) in [6, 6.07) is 7.92. The predicted octanol–water partition coefficient (Wildman–Crippen LogP) is 3.78. The smallest absolute Gasteiger partial charge is 0.124 e. The average molecular weight is 255 g/mol. The Morgan fingerprint density at radius 3 is 2.47 bits per heavy atom. The molecule has 0 spiro atoms. The van der Waals surface area contributed by atoms with Crippen LogP contribution in [0.3, 0.4) is 0 Å². The monoisotopic (exact) mass is 254 g/mol. The summed E-state index contributed by atoms with van der Waals surface area (Å²) in [7, 11) is 0. The van der Waals surface area contributed by atoms with Crippen LogP contribution in [0.15, 0.2) is 36.4 Å². The van der Waals surface area contributed by atoms with Crippen LogP contribution in [0.5, 0.6) is 0 Å². The zero-order chi connectivity index (χ0) is 12.4. The third-order valence-corrected chi connectivity index (χ3v) is 2.71. The van der Waals surface area contributed by atoms with Crippen molar-refractivity contribution in [1.82, 2.24) is 0 Å². The molecule has 0 saturated carbocycles. The van der Waals surface area contributed by atoms with Gasteiger partial charge in [-0.1, -0.05) is 11.6 Å². The zero-order valence-electron chi connectivity index (χ0n) is 8.75. The molecule has 0 heterocycles. The molecule has 2 aromatic carbocycles. The molecule has 0 radical (unpaired) electrons. The van der Waals surface area contributed by atoms with E-state index in [0.29, 0.717) is 21.7 Å². The van der Waals surface area contributed by atoms with Crippen molar-refractivity contribution in [2.24, 2.45) is 0 Å². The van der Waals surface area contributed by atoms with E-state index in [4.69, 9.17) is 16.7 Å². The van der Waals surface area contributed by atoms with Gasteiger partial charge in [-0.05, 0) is 47.5 Å². The Morgan fingerprint density at radius 2 is 1.76 bits per heavy atom. The fourth-order valence-electron chi connectivity index (χ4n) is 1.62. The Labute approximate surface area is 102 Å². The Bertz CT molecular complexity index is 555. The summed E-state index contributed by atoms with van der Waals surface area (Å²) >= 11 is 5.93. The molecule has 4 heteroatoms. The molecule has 0 aliphatic carbocycles. The van der Waals surface area contributed by atoms with Gasteiger partial charge in [-0.2, -0.15) is 0 Å². The first-order valence-corrected chi connectivity index (χ1v) is 5.33. The maximum absolute atomic E-state index is 13.3. The molecule has 0 fully saturated rings. The van der Waals surface area contributed by atoms with Crippen molar-refractivity contribution < 1.29 is 13.9 Å². The number of hydrogen-bond acceptors (Lipinski definition) is 1. The van der Waals surface area contributed by atoms with Gasteiger partial charge in [-0.25, -0.2) is 8.78 Å². The topological polar surface area (TPSA) is 20.2 Å². The molecule has 2 aromatic rings. The van der Waals surface area contributed by atoms with Gasteiger partial charge in [-0.3, -0.25) is 0 Å². The quantitative estimate of drug-likeness (QED) is 0.865. The summed E-state index contributed by atoms with van der Waals surface area (Å²) in [6.07, 6.45) is 0. The summed E-state index contributed by atoms with van der Waals surface area (Å²) in [4.78, 5) is 0. The molecule has 0 atom stereocenters. The molecule has 0 bridgehead atoms. The maximum Gasteiger partial charge on any atom is 0.124 e. The molecule has 2 rings (SSSR count). The number of benzene rings is 2. The van der Waals surface area contributed by atoms with E-state index < -0.39 is 11.6 Å². The summed E-state index contributed by atoms with van der Waals surface area (Å²) in [6.45, 7) is -0.280. The van der Waals surface area contributed by atoms with Crippen molar-refractivity contribution in [1.29, 1.82) is 0 Å². The van der Waals surface area contributed by atoms with Gasteiger partial charge in [0.15, 0.2) is 0 Å². The maximum atomic E-state index is 13.3. The van der Waals surface area contributed by atoms with Crippen LogP contribution < -0.4 is 0 Å². The van der Waals surface area contributed by atoms with Crippen LogP contribution in [0, 0.1) is 11.6 Å². The molecule has 88 valence electrons. The van der Waals surface area contributed by atoms with Crippen LogP contribution in [0.1, 0.15) is 5.56 Å². The van der Waals surface area contributed by atoms with Gasteiger partial charge in [-0.15, -0.1) is 0 Å². The number of rotatable bonds is 2. The fourth-order valence-corrected chi connectivity index (χ4v) is 1.84. The number of hydrogen-bond donors (Lipinski definition) is 1. The first-order valence-electron chi connectivity index (χ1n) is 4.96. The largest absolute Gasteiger partial charge is 0.392 e. The lowest BCUT2D eigenvalue weighted by Gasteiger charge is -2.07. The Kier molecular flexibility index (Phi) is 3.41. The molecule has 0 aliphatic rings. The van der Waals surface area contributed by atoms with E-state index in [1.165, 1.54) is 30.3 Å². The van der Waals surface area contributed by atoms with E-state index in [9.17, 15) is 8.78 Å². The molecule has 1 N–H and O–H groups in total. The van der Waals surface area contributed by atoms with Crippen LogP contribution in [0.4, 0.5) is 8.78 Å². The highest BCUT2D eigenvalue weighted by molar-refractivity contribution is 6.33. The predicted molar refractivity (Wildman–Crippen MR) is 62.7 cm³/mol. The molecule has 0 unspecified atom stereocenters.